The van der Waals surface area contributed by atoms with Gasteiger partial charge in [0.25, 0.3) is 0 Å². The third-order valence-electron chi connectivity index (χ3n) is 2.57. The number of rotatable bonds is 5. The summed E-state index contributed by atoms with van der Waals surface area (Å²) in [4.78, 5) is 15.4. The molecule has 0 atom stereocenters. The van der Waals surface area contributed by atoms with Gasteiger partial charge in [0.05, 0.1) is 22.2 Å². The normalized spacial score (nSPS) is 11.3. The predicted molar refractivity (Wildman–Crippen MR) is 76.1 cm³/mol. The summed E-state index contributed by atoms with van der Waals surface area (Å²) in [6, 6.07) is 3.84. The van der Waals surface area contributed by atoms with E-state index in [9.17, 15) is 13.2 Å². The minimum atomic E-state index is -3.86. The van der Waals surface area contributed by atoms with E-state index in [2.05, 4.69) is 15.4 Å². The maximum Gasteiger partial charge on any atom is 0.238 e. The zero-order chi connectivity index (χ0) is 15.5. The molecule has 8 nitrogen and oxygen atoms in total. The van der Waals surface area contributed by atoms with E-state index in [1.807, 2.05) is 0 Å². The molecule has 0 fully saturated rings. The van der Waals surface area contributed by atoms with Crippen molar-refractivity contribution in [2.75, 3.05) is 5.32 Å². The van der Waals surface area contributed by atoms with Gasteiger partial charge in [0, 0.05) is 6.42 Å². The number of nitrogens with one attached hydrogen (secondary N) is 1. The summed E-state index contributed by atoms with van der Waals surface area (Å²) in [5.74, 6) is -0.334. The minimum absolute atomic E-state index is 0.126. The van der Waals surface area contributed by atoms with Gasteiger partial charge in [-0.1, -0.05) is 11.6 Å². The lowest BCUT2D eigenvalue weighted by molar-refractivity contribution is -0.116. The zero-order valence-electron chi connectivity index (χ0n) is 10.7. The summed E-state index contributed by atoms with van der Waals surface area (Å²) in [5.41, 5.74) is 0.187. The third-order valence-corrected chi connectivity index (χ3v) is 3.82. The number of amides is 1. The average molecular weight is 330 g/mol. The summed E-state index contributed by atoms with van der Waals surface area (Å²) < 4.78 is 24.0. The van der Waals surface area contributed by atoms with Crippen LogP contribution in [0, 0.1) is 0 Å². The number of hydrogen-bond donors (Lipinski definition) is 2. The number of aryl methyl sites for hydroxylation is 1. The fourth-order valence-corrected chi connectivity index (χ4v) is 2.26. The molecule has 1 aromatic heterocycles. The molecular formula is C11H12ClN5O3S. The molecule has 112 valence electrons. The van der Waals surface area contributed by atoms with Crippen LogP contribution in [-0.4, -0.2) is 29.1 Å². The van der Waals surface area contributed by atoms with Gasteiger partial charge in [-0.25, -0.2) is 18.5 Å². The van der Waals surface area contributed by atoms with Crippen molar-refractivity contribution in [2.24, 2.45) is 5.14 Å². The number of sulfonamides is 1. The van der Waals surface area contributed by atoms with Crippen molar-refractivity contribution >= 4 is 33.2 Å². The van der Waals surface area contributed by atoms with E-state index < -0.39 is 10.0 Å². The number of carbonyl (C=O) groups excluding carboxylic acids is 1. The van der Waals surface area contributed by atoms with Gasteiger partial charge in [0.2, 0.25) is 15.9 Å². The smallest absolute Gasteiger partial charge is 0.238 e. The Morgan fingerprint density at radius 3 is 2.81 bits per heavy atom. The molecule has 10 heteroatoms. The fourth-order valence-electron chi connectivity index (χ4n) is 1.55. The van der Waals surface area contributed by atoms with Crippen molar-refractivity contribution in [3.63, 3.8) is 0 Å². The highest BCUT2D eigenvalue weighted by Gasteiger charge is 2.12. The van der Waals surface area contributed by atoms with E-state index in [1.54, 1.807) is 0 Å². The van der Waals surface area contributed by atoms with Crippen LogP contribution < -0.4 is 10.5 Å². The number of nitrogens with zero attached hydrogens (tertiary/aromatic N) is 3. The highest BCUT2D eigenvalue weighted by Crippen LogP contribution is 2.24. The standard InChI is InChI=1S/C11H12ClN5O3S/c12-9-2-1-8(21(13,19)20)5-10(9)16-11(18)3-4-17-7-14-6-15-17/h1-2,5-7H,3-4H2,(H,16,18)(H2,13,19,20). The van der Waals surface area contributed by atoms with Gasteiger partial charge in [0.1, 0.15) is 12.7 Å². The molecule has 0 aliphatic heterocycles. The molecule has 0 radical (unpaired) electrons. The van der Waals surface area contributed by atoms with Crippen molar-refractivity contribution in [2.45, 2.75) is 17.9 Å². The molecule has 0 saturated heterocycles. The Bertz CT molecular complexity index is 745. The molecular weight excluding hydrogens is 318 g/mol. The van der Waals surface area contributed by atoms with Crippen molar-refractivity contribution in [1.29, 1.82) is 0 Å². The molecule has 21 heavy (non-hydrogen) atoms. The van der Waals surface area contributed by atoms with Gasteiger partial charge in [-0.2, -0.15) is 5.10 Å². The zero-order valence-corrected chi connectivity index (χ0v) is 12.3. The molecule has 1 heterocycles. The minimum Gasteiger partial charge on any atom is -0.325 e. The maximum atomic E-state index is 11.8. The van der Waals surface area contributed by atoms with Crippen LogP contribution in [0.1, 0.15) is 6.42 Å². The Balaban J connectivity index is 2.06. The number of aromatic nitrogens is 3. The van der Waals surface area contributed by atoms with Gasteiger partial charge >= 0.3 is 0 Å². The first kappa shape index (κ1) is 15.4. The molecule has 0 aliphatic carbocycles. The van der Waals surface area contributed by atoms with Crippen LogP contribution in [0.2, 0.25) is 5.02 Å². The van der Waals surface area contributed by atoms with Crippen molar-refractivity contribution in [3.8, 4) is 0 Å². The number of anilines is 1. The molecule has 0 aliphatic rings. The van der Waals surface area contributed by atoms with Crippen LogP contribution in [0.3, 0.4) is 0 Å². The van der Waals surface area contributed by atoms with Crippen LogP contribution in [0.4, 0.5) is 5.69 Å². The summed E-state index contributed by atoms with van der Waals surface area (Å²) >= 11 is 5.91. The first-order valence-electron chi connectivity index (χ1n) is 5.81. The third kappa shape index (κ3) is 4.25. The summed E-state index contributed by atoms with van der Waals surface area (Å²) in [6.07, 6.45) is 2.99. The van der Waals surface area contributed by atoms with E-state index in [1.165, 1.54) is 35.5 Å². The fraction of sp³-hybridized carbons (Fsp3) is 0.182. The highest BCUT2D eigenvalue weighted by atomic mass is 35.5. The molecule has 2 rings (SSSR count). The van der Waals surface area contributed by atoms with Crippen LogP contribution in [0.25, 0.3) is 0 Å². The SMILES string of the molecule is NS(=O)(=O)c1ccc(Cl)c(NC(=O)CCn2cncn2)c1. The van der Waals surface area contributed by atoms with Gasteiger partial charge in [0.15, 0.2) is 0 Å². The molecule has 0 bridgehead atoms. The van der Waals surface area contributed by atoms with E-state index in [0.29, 0.717) is 6.54 Å². The number of hydrogen-bond acceptors (Lipinski definition) is 5. The van der Waals surface area contributed by atoms with Crippen molar-refractivity contribution in [1.82, 2.24) is 14.8 Å². The molecule has 3 N–H and O–H groups in total. The molecule has 0 spiro atoms. The maximum absolute atomic E-state index is 11.8. The Labute approximate surface area is 126 Å². The number of primary sulfonamides is 1. The molecule has 0 saturated carbocycles. The van der Waals surface area contributed by atoms with Crippen LogP contribution in [0.5, 0.6) is 0 Å². The highest BCUT2D eigenvalue weighted by molar-refractivity contribution is 7.89. The first-order chi connectivity index (χ1) is 9.86. The van der Waals surface area contributed by atoms with Crippen molar-refractivity contribution < 1.29 is 13.2 Å². The summed E-state index contributed by atoms with van der Waals surface area (Å²) in [7, 11) is -3.86. The molecule has 0 unspecified atom stereocenters. The Hall–Kier alpha value is -1.97. The van der Waals surface area contributed by atoms with Gasteiger partial charge in [-0.15, -0.1) is 0 Å². The monoisotopic (exact) mass is 329 g/mol. The van der Waals surface area contributed by atoms with Crippen LogP contribution >= 0.6 is 11.6 Å². The molecule has 1 aromatic carbocycles. The van der Waals surface area contributed by atoms with Gasteiger partial charge in [-0.3, -0.25) is 9.48 Å². The second kappa shape index (κ2) is 6.20. The molecule has 1 amide bonds. The van der Waals surface area contributed by atoms with E-state index >= 15 is 0 Å². The van der Waals surface area contributed by atoms with E-state index in [-0.39, 0.29) is 27.9 Å². The second-order valence-electron chi connectivity index (χ2n) is 4.14. The number of halogens is 1. The summed E-state index contributed by atoms with van der Waals surface area (Å²) in [5, 5.41) is 11.6. The Kier molecular flexibility index (Phi) is 4.56. The van der Waals surface area contributed by atoms with Crippen LogP contribution in [-0.2, 0) is 21.4 Å². The number of nitrogens with two attached hydrogens (primary N) is 1. The lowest BCUT2D eigenvalue weighted by atomic mass is 10.3. The number of carbonyl (C=O) groups is 1. The van der Waals surface area contributed by atoms with Crippen LogP contribution in [0.15, 0.2) is 35.7 Å². The Morgan fingerprint density at radius 2 is 2.19 bits per heavy atom. The summed E-state index contributed by atoms with van der Waals surface area (Å²) in [6.45, 7) is 0.346. The largest absolute Gasteiger partial charge is 0.325 e. The quantitative estimate of drug-likeness (QED) is 0.832. The van der Waals surface area contributed by atoms with Gasteiger partial charge in [-0.05, 0) is 18.2 Å². The first-order valence-corrected chi connectivity index (χ1v) is 7.73. The van der Waals surface area contributed by atoms with Gasteiger partial charge < -0.3 is 5.32 Å². The Morgan fingerprint density at radius 1 is 1.43 bits per heavy atom. The lowest BCUT2D eigenvalue weighted by Crippen LogP contribution is -2.16. The van der Waals surface area contributed by atoms with E-state index in [4.69, 9.17) is 16.7 Å². The molecule has 2 aromatic rings. The van der Waals surface area contributed by atoms with Crippen molar-refractivity contribution in [3.05, 3.63) is 35.9 Å². The van der Waals surface area contributed by atoms with E-state index in [0.717, 1.165) is 0 Å². The lowest BCUT2D eigenvalue weighted by Gasteiger charge is -2.08. The second-order valence-corrected chi connectivity index (χ2v) is 6.11. The topological polar surface area (TPSA) is 120 Å². The number of benzene rings is 1. The average Bonchev–Trinajstić information content (AvgIpc) is 2.91. The predicted octanol–water partition coefficient (Wildman–Crippen LogP) is 0.608.